The highest BCUT2D eigenvalue weighted by Gasteiger charge is 2.30. The van der Waals surface area contributed by atoms with Gasteiger partial charge in [-0.25, -0.2) is 0 Å². The predicted octanol–water partition coefficient (Wildman–Crippen LogP) is 3.24. The first-order valence-corrected chi connectivity index (χ1v) is 5.04. The molecule has 1 nitrogen and oxygen atoms in total. The van der Waals surface area contributed by atoms with E-state index in [9.17, 15) is 13.2 Å². The van der Waals surface area contributed by atoms with Gasteiger partial charge in [0.05, 0.1) is 6.42 Å². The molecule has 1 aromatic rings. The van der Waals surface area contributed by atoms with E-state index in [4.69, 9.17) is 5.73 Å². The van der Waals surface area contributed by atoms with Gasteiger partial charge < -0.3 is 5.73 Å². The number of nitrogens with two attached hydrogens (primary N) is 1. The van der Waals surface area contributed by atoms with Gasteiger partial charge in [0.2, 0.25) is 0 Å². The second-order valence-electron chi connectivity index (χ2n) is 2.98. The Morgan fingerprint density at radius 2 is 1.71 bits per heavy atom. The number of halogens is 4. The first-order valence-electron chi connectivity index (χ1n) is 3.96. The SMILES string of the molecule is N[C@@H](CC(F)(F)F)c1ccc(I)cc1. The molecule has 0 bridgehead atoms. The summed E-state index contributed by atoms with van der Waals surface area (Å²) in [6, 6.07) is 5.77. The van der Waals surface area contributed by atoms with Crippen molar-refractivity contribution in [1.29, 1.82) is 0 Å². The van der Waals surface area contributed by atoms with Gasteiger partial charge in [-0.3, -0.25) is 0 Å². The maximum atomic E-state index is 12.0. The van der Waals surface area contributed by atoms with Gasteiger partial charge in [-0.2, -0.15) is 13.2 Å². The van der Waals surface area contributed by atoms with Crippen LogP contribution in [0.25, 0.3) is 0 Å². The van der Waals surface area contributed by atoms with Crippen molar-refractivity contribution in [2.45, 2.75) is 18.6 Å². The van der Waals surface area contributed by atoms with Crippen molar-refractivity contribution >= 4 is 22.6 Å². The summed E-state index contributed by atoms with van der Waals surface area (Å²) < 4.78 is 36.9. The summed E-state index contributed by atoms with van der Waals surface area (Å²) in [5.74, 6) is 0. The molecule has 0 fully saturated rings. The summed E-state index contributed by atoms with van der Waals surface area (Å²) in [7, 11) is 0. The minimum Gasteiger partial charge on any atom is -0.324 e. The van der Waals surface area contributed by atoms with E-state index in [1.165, 1.54) is 0 Å². The summed E-state index contributed by atoms with van der Waals surface area (Å²) in [4.78, 5) is 0. The number of benzene rings is 1. The summed E-state index contributed by atoms with van der Waals surface area (Å²) in [6.45, 7) is 0. The van der Waals surface area contributed by atoms with E-state index in [1.807, 2.05) is 0 Å². The highest BCUT2D eigenvalue weighted by molar-refractivity contribution is 14.1. The molecule has 5 heteroatoms. The lowest BCUT2D eigenvalue weighted by Gasteiger charge is -2.14. The number of hydrogen-bond acceptors (Lipinski definition) is 1. The van der Waals surface area contributed by atoms with E-state index >= 15 is 0 Å². The maximum Gasteiger partial charge on any atom is 0.390 e. The van der Waals surface area contributed by atoms with Gasteiger partial charge in [-0.1, -0.05) is 12.1 Å². The van der Waals surface area contributed by atoms with Crippen LogP contribution in [0.1, 0.15) is 18.0 Å². The van der Waals surface area contributed by atoms with Crippen LogP contribution in [0.4, 0.5) is 13.2 Å². The quantitative estimate of drug-likeness (QED) is 0.833. The Hall–Kier alpha value is -0.300. The van der Waals surface area contributed by atoms with E-state index < -0.39 is 18.6 Å². The molecule has 0 spiro atoms. The third kappa shape index (κ3) is 3.83. The van der Waals surface area contributed by atoms with Gasteiger partial charge in [0.1, 0.15) is 0 Å². The smallest absolute Gasteiger partial charge is 0.324 e. The van der Waals surface area contributed by atoms with Crippen LogP contribution in [0, 0.1) is 3.57 Å². The summed E-state index contributed by atoms with van der Waals surface area (Å²) in [5, 5.41) is 0. The first kappa shape index (κ1) is 11.8. The van der Waals surface area contributed by atoms with Crippen molar-refractivity contribution in [2.75, 3.05) is 0 Å². The molecule has 14 heavy (non-hydrogen) atoms. The molecule has 0 amide bonds. The fraction of sp³-hybridized carbons (Fsp3) is 0.333. The van der Waals surface area contributed by atoms with Gasteiger partial charge in [0.15, 0.2) is 0 Å². The second-order valence-corrected chi connectivity index (χ2v) is 4.22. The minimum absolute atomic E-state index is 0.516. The minimum atomic E-state index is -4.21. The lowest BCUT2D eigenvalue weighted by molar-refractivity contribution is -0.138. The third-order valence-electron chi connectivity index (χ3n) is 1.75. The Morgan fingerprint density at radius 1 is 1.21 bits per heavy atom. The molecule has 0 radical (unpaired) electrons. The third-order valence-corrected chi connectivity index (χ3v) is 2.47. The standard InChI is InChI=1S/C9H9F3IN/c10-9(11,12)5-8(14)6-1-3-7(13)4-2-6/h1-4,8H,5,14H2/t8-/m0/s1. The van der Waals surface area contributed by atoms with Crippen molar-refractivity contribution in [3.63, 3.8) is 0 Å². The van der Waals surface area contributed by atoms with Crippen molar-refractivity contribution in [3.05, 3.63) is 33.4 Å². The maximum absolute atomic E-state index is 12.0. The molecule has 2 N–H and O–H groups in total. The van der Waals surface area contributed by atoms with Gasteiger partial charge in [0.25, 0.3) is 0 Å². The lowest BCUT2D eigenvalue weighted by Crippen LogP contribution is -2.20. The molecule has 0 unspecified atom stereocenters. The Bertz CT molecular complexity index is 294. The van der Waals surface area contributed by atoms with Gasteiger partial charge >= 0.3 is 6.18 Å². The topological polar surface area (TPSA) is 26.0 Å². The molecule has 1 atom stereocenters. The molecule has 78 valence electrons. The molecule has 0 aliphatic rings. The van der Waals surface area contributed by atoms with Crippen LogP contribution in [0.5, 0.6) is 0 Å². The van der Waals surface area contributed by atoms with E-state index in [-0.39, 0.29) is 0 Å². The highest BCUT2D eigenvalue weighted by atomic mass is 127. The highest BCUT2D eigenvalue weighted by Crippen LogP contribution is 2.27. The van der Waals surface area contributed by atoms with Crippen molar-refractivity contribution in [1.82, 2.24) is 0 Å². The Kier molecular flexibility index (Phi) is 3.77. The zero-order chi connectivity index (χ0) is 10.8. The van der Waals surface area contributed by atoms with Crippen molar-refractivity contribution < 1.29 is 13.2 Å². The average Bonchev–Trinajstić information content (AvgIpc) is 2.02. The fourth-order valence-corrected chi connectivity index (χ4v) is 1.44. The van der Waals surface area contributed by atoms with E-state index in [2.05, 4.69) is 22.6 Å². The fourth-order valence-electron chi connectivity index (χ4n) is 1.08. The molecule has 1 rings (SSSR count). The molecule has 0 heterocycles. The largest absolute Gasteiger partial charge is 0.390 e. The second kappa shape index (κ2) is 4.48. The molecule has 0 saturated heterocycles. The van der Waals surface area contributed by atoms with Gasteiger partial charge in [0, 0.05) is 9.61 Å². The molecule has 0 saturated carbocycles. The molecule has 1 aromatic carbocycles. The van der Waals surface area contributed by atoms with Crippen LogP contribution in [0.15, 0.2) is 24.3 Å². The number of alkyl halides is 3. The van der Waals surface area contributed by atoms with Crippen molar-refractivity contribution in [3.8, 4) is 0 Å². The van der Waals surface area contributed by atoms with Crippen LogP contribution in [0.2, 0.25) is 0 Å². The van der Waals surface area contributed by atoms with Crippen LogP contribution >= 0.6 is 22.6 Å². The lowest BCUT2D eigenvalue weighted by atomic mass is 10.1. The van der Waals surface area contributed by atoms with Crippen LogP contribution < -0.4 is 5.73 Å². The number of rotatable bonds is 2. The Morgan fingerprint density at radius 3 is 2.14 bits per heavy atom. The molecular weight excluding hydrogens is 306 g/mol. The zero-order valence-electron chi connectivity index (χ0n) is 7.18. The molecule has 0 aliphatic heterocycles. The van der Waals surface area contributed by atoms with Gasteiger partial charge in [-0.15, -0.1) is 0 Å². The van der Waals surface area contributed by atoms with Crippen LogP contribution in [-0.2, 0) is 0 Å². The predicted molar refractivity (Wildman–Crippen MR) is 56.8 cm³/mol. The Balaban J connectivity index is 2.70. The zero-order valence-corrected chi connectivity index (χ0v) is 9.34. The summed E-state index contributed by atoms with van der Waals surface area (Å²) in [6.07, 6.45) is -5.18. The first-order chi connectivity index (χ1) is 6.38. The van der Waals surface area contributed by atoms with Crippen LogP contribution in [-0.4, -0.2) is 6.18 Å². The van der Waals surface area contributed by atoms with E-state index in [1.54, 1.807) is 24.3 Å². The van der Waals surface area contributed by atoms with Crippen molar-refractivity contribution in [2.24, 2.45) is 5.73 Å². The Labute approximate surface area is 93.6 Å². The van der Waals surface area contributed by atoms with Crippen LogP contribution in [0.3, 0.4) is 0 Å². The molecular formula is C9H9F3IN. The molecule has 0 aliphatic carbocycles. The van der Waals surface area contributed by atoms with E-state index in [0.29, 0.717) is 5.56 Å². The number of hydrogen-bond donors (Lipinski definition) is 1. The monoisotopic (exact) mass is 315 g/mol. The van der Waals surface area contributed by atoms with E-state index in [0.717, 1.165) is 3.57 Å². The van der Waals surface area contributed by atoms with Gasteiger partial charge in [-0.05, 0) is 40.3 Å². The average molecular weight is 315 g/mol. The summed E-state index contributed by atoms with van der Waals surface area (Å²) >= 11 is 2.09. The molecule has 0 aromatic heterocycles. The summed E-state index contributed by atoms with van der Waals surface area (Å²) in [5.41, 5.74) is 5.93. The normalized spacial score (nSPS) is 14.1.